The average molecular weight is 345 g/mol. The minimum atomic E-state index is -0.0943. The Kier molecular flexibility index (Phi) is 4.85. The molecule has 0 N–H and O–H groups in total. The van der Waals surface area contributed by atoms with E-state index in [1.165, 1.54) is 11.3 Å². The lowest BCUT2D eigenvalue weighted by atomic mass is 9.92. The van der Waals surface area contributed by atoms with Gasteiger partial charge in [-0.05, 0) is 45.1 Å². The van der Waals surface area contributed by atoms with Crippen LogP contribution < -0.4 is 0 Å². The molecule has 0 unspecified atom stereocenters. The average Bonchev–Trinajstić information content (AvgIpc) is 3.22. The molecule has 0 bridgehead atoms. The Labute approximate surface area is 146 Å². The number of aromatic nitrogens is 2. The Morgan fingerprint density at radius 3 is 2.79 bits per heavy atom. The maximum atomic E-state index is 13.0. The summed E-state index contributed by atoms with van der Waals surface area (Å²) in [7, 11) is 0. The van der Waals surface area contributed by atoms with Gasteiger partial charge < -0.3 is 4.90 Å². The number of hydrogen-bond donors (Lipinski definition) is 0. The molecule has 0 spiro atoms. The zero-order valence-electron chi connectivity index (χ0n) is 14.4. The van der Waals surface area contributed by atoms with Crippen molar-refractivity contribution in [1.29, 1.82) is 0 Å². The first-order valence-corrected chi connectivity index (χ1v) is 9.31. The van der Waals surface area contributed by atoms with Crippen LogP contribution in [-0.2, 0) is 6.54 Å². The highest BCUT2D eigenvalue weighted by molar-refractivity contribution is 7.12. The molecular formula is C18H23N3O2S. The molecule has 1 amide bonds. The molecular weight excluding hydrogens is 322 g/mol. The number of Topliss-reactive ketones (excluding diaryl/α,β-unsaturated/α-hetero) is 1. The van der Waals surface area contributed by atoms with Crippen molar-refractivity contribution in [2.75, 3.05) is 13.1 Å². The molecule has 0 radical (unpaired) electrons. The zero-order valence-corrected chi connectivity index (χ0v) is 15.2. The summed E-state index contributed by atoms with van der Waals surface area (Å²) in [6.07, 6.45) is 1.72. The molecule has 3 heterocycles. The van der Waals surface area contributed by atoms with E-state index in [-0.39, 0.29) is 17.6 Å². The van der Waals surface area contributed by atoms with Crippen molar-refractivity contribution in [3.8, 4) is 0 Å². The van der Waals surface area contributed by atoms with Crippen LogP contribution in [0, 0.1) is 19.8 Å². The van der Waals surface area contributed by atoms with Crippen LogP contribution in [0.2, 0.25) is 0 Å². The molecule has 5 nitrogen and oxygen atoms in total. The van der Waals surface area contributed by atoms with Crippen LogP contribution in [-0.4, -0.2) is 39.5 Å². The van der Waals surface area contributed by atoms with Gasteiger partial charge in [0.15, 0.2) is 5.78 Å². The maximum absolute atomic E-state index is 13.0. The van der Waals surface area contributed by atoms with Crippen molar-refractivity contribution in [2.24, 2.45) is 5.92 Å². The molecule has 1 fully saturated rings. The third kappa shape index (κ3) is 3.02. The van der Waals surface area contributed by atoms with Crippen molar-refractivity contribution < 1.29 is 9.59 Å². The second-order valence-electron chi connectivity index (χ2n) is 6.29. The van der Waals surface area contributed by atoms with Crippen LogP contribution in [0.25, 0.3) is 0 Å². The number of piperidine rings is 1. The molecule has 128 valence electrons. The summed E-state index contributed by atoms with van der Waals surface area (Å²) < 4.78 is 1.86. The van der Waals surface area contributed by atoms with Gasteiger partial charge in [0.05, 0.1) is 16.1 Å². The lowest BCUT2D eigenvalue weighted by Crippen LogP contribution is -2.42. The molecule has 1 saturated heterocycles. The van der Waals surface area contributed by atoms with Crippen molar-refractivity contribution >= 4 is 23.0 Å². The molecule has 6 heteroatoms. The minimum Gasteiger partial charge on any atom is -0.338 e. The topological polar surface area (TPSA) is 55.2 Å². The lowest BCUT2D eigenvalue weighted by molar-refractivity contribution is 0.0637. The van der Waals surface area contributed by atoms with E-state index in [1.54, 1.807) is 0 Å². The molecule has 1 atom stereocenters. The molecule has 24 heavy (non-hydrogen) atoms. The van der Waals surface area contributed by atoms with Crippen LogP contribution in [0.3, 0.4) is 0 Å². The number of rotatable bonds is 4. The highest BCUT2D eigenvalue weighted by Gasteiger charge is 2.31. The van der Waals surface area contributed by atoms with Gasteiger partial charge in [0, 0.05) is 31.2 Å². The second-order valence-corrected chi connectivity index (χ2v) is 7.24. The summed E-state index contributed by atoms with van der Waals surface area (Å²) in [6.45, 7) is 7.80. The van der Waals surface area contributed by atoms with Gasteiger partial charge in [-0.25, -0.2) is 0 Å². The summed E-state index contributed by atoms with van der Waals surface area (Å²) in [5.74, 6) is 0.0803. The Bertz CT molecular complexity index is 749. The summed E-state index contributed by atoms with van der Waals surface area (Å²) in [5.41, 5.74) is 2.37. The van der Waals surface area contributed by atoms with Gasteiger partial charge in [0.25, 0.3) is 5.91 Å². The number of nitrogens with zero attached hydrogens (tertiary/aromatic N) is 3. The number of carbonyl (C=O) groups is 2. The van der Waals surface area contributed by atoms with Crippen LogP contribution in [0.5, 0.6) is 0 Å². The fourth-order valence-electron chi connectivity index (χ4n) is 3.47. The summed E-state index contributed by atoms with van der Waals surface area (Å²) >= 11 is 1.48. The van der Waals surface area contributed by atoms with E-state index in [0.717, 1.165) is 35.7 Å². The fraction of sp³-hybridized carbons (Fsp3) is 0.500. The normalized spacial score (nSPS) is 18.0. The monoisotopic (exact) mass is 345 g/mol. The first kappa shape index (κ1) is 16.9. The number of thiophene rings is 1. The van der Waals surface area contributed by atoms with Crippen molar-refractivity contribution in [1.82, 2.24) is 14.7 Å². The Hall–Kier alpha value is -1.95. The summed E-state index contributed by atoms with van der Waals surface area (Å²) in [5, 5.41) is 6.36. The van der Waals surface area contributed by atoms with E-state index in [9.17, 15) is 9.59 Å². The molecule has 0 aromatic carbocycles. The van der Waals surface area contributed by atoms with Gasteiger partial charge in [-0.15, -0.1) is 11.3 Å². The Morgan fingerprint density at radius 1 is 1.38 bits per heavy atom. The summed E-state index contributed by atoms with van der Waals surface area (Å²) in [4.78, 5) is 28.2. The highest BCUT2D eigenvalue weighted by atomic mass is 32.1. The standard InChI is InChI=1S/C18H23N3O2S/c1-4-21-13(3)16(12(2)19-21)18(23)20-9-5-7-14(11-20)17(22)15-8-6-10-24-15/h6,8,10,14H,4-5,7,9,11H2,1-3H3/t14-/m0/s1. The maximum Gasteiger partial charge on any atom is 0.257 e. The van der Waals surface area contributed by atoms with E-state index >= 15 is 0 Å². The van der Waals surface area contributed by atoms with E-state index in [0.29, 0.717) is 18.7 Å². The molecule has 0 aliphatic carbocycles. The molecule has 2 aromatic rings. The van der Waals surface area contributed by atoms with E-state index in [2.05, 4.69) is 5.10 Å². The van der Waals surface area contributed by atoms with E-state index in [4.69, 9.17) is 0 Å². The van der Waals surface area contributed by atoms with Gasteiger partial charge >= 0.3 is 0 Å². The highest BCUT2D eigenvalue weighted by Crippen LogP contribution is 2.25. The number of ketones is 1. The SMILES string of the molecule is CCn1nc(C)c(C(=O)N2CCC[C@H](C(=O)c3cccs3)C2)c1C. The lowest BCUT2D eigenvalue weighted by Gasteiger charge is -2.32. The van der Waals surface area contributed by atoms with Gasteiger partial charge in [-0.2, -0.15) is 5.10 Å². The number of hydrogen-bond acceptors (Lipinski definition) is 4. The quantitative estimate of drug-likeness (QED) is 0.799. The first-order valence-electron chi connectivity index (χ1n) is 8.44. The van der Waals surface area contributed by atoms with E-state index in [1.807, 2.05) is 47.9 Å². The van der Waals surface area contributed by atoms with Crippen molar-refractivity contribution in [2.45, 2.75) is 40.2 Å². The first-order chi connectivity index (χ1) is 11.5. The molecule has 0 saturated carbocycles. The van der Waals surface area contributed by atoms with Crippen molar-refractivity contribution in [3.05, 3.63) is 39.3 Å². The predicted octanol–water partition coefficient (Wildman–Crippen LogP) is 3.32. The van der Waals surface area contributed by atoms with Gasteiger partial charge in [-0.1, -0.05) is 6.07 Å². The van der Waals surface area contributed by atoms with Gasteiger partial charge in [0.2, 0.25) is 0 Å². The molecule has 1 aliphatic heterocycles. The van der Waals surface area contributed by atoms with Crippen molar-refractivity contribution in [3.63, 3.8) is 0 Å². The second kappa shape index (κ2) is 6.89. The fourth-order valence-corrected chi connectivity index (χ4v) is 4.21. The zero-order chi connectivity index (χ0) is 17.3. The third-order valence-electron chi connectivity index (χ3n) is 4.74. The van der Waals surface area contributed by atoms with E-state index < -0.39 is 0 Å². The minimum absolute atomic E-state index is 0.00776. The van der Waals surface area contributed by atoms with Gasteiger partial charge in [-0.3, -0.25) is 14.3 Å². The number of aryl methyl sites for hydroxylation is 2. The van der Waals surface area contributed by atoms with Gasteiger partial charge in [0.1, 0.15) is 0 Å². The Morgan fingerprint density at radius 2 is 2.17 bits per heavy atom. The van der Waals surface area contributed by atoms with Crippen LogP contribution in [0.1, 0.15) is 51.2 Å². The smallest absolute Gasteiger partial charge is 0.257 e. The number of amides is 1. The third-order valence-corrected chi connectivity index (χ3v) is 5.62. The number of carbonyl (C=O) groups excluding carboxylic acids is 2. The van der Waals surface area contributed by atoms with Crippen LogP contribution in [0.15, 0.2) is 17.5 Å². The summed E-state index contributed by atoms with van der Waals surface area (Å²) in [6, 6.07) is 3.77. The number of likely N-dealkylation sites (tertiary alicyclic amines) is 1. The molecule has 2 aromatic heterocycles. The molecule has 3 rings (SSSR count). The molecule has 1 aliphatic rings. The van der Waals surface area contributed by atoms with Crippen LogP contribution >= 0.6 is 11.3 Å². The largest absolute Gasteiger partial charge is 0.338 e. The van der Waals surface area contributed by atoms with Crippen LogP contribution in [0.4, 0.5) is 0 Å². The predicted molar refractivity (Wildman–Crippen MR) is 94.7 cm³/mol. The Balaban J connectivity index is 1.79.